The van der Waals surface area contributed by atoms with Gasteiger partial charge in [0, 0.05) is 6.42 Å². The fourth-order valence-electron chi connectivity index (χ4n) is 9.41. The van der Waals surface area contributed by atoms with Crippen LogP contribution in [0.15, 0.2) is 158 Å². The van der Waals surface area contributed by atoms with Gasteiger partial charge in [-0.05, 0) is 116 Å². The highest BCUT2D eigenvalue weighted by molar-refractivity contribution is 5.76. The first-order chi connectivity index (χ1) is 40.8. The zero-order valence-electron chi connectivity index (χ0n) is 52.4. The summed E-state index contributed by atoms with van der Waals surface area (Å²) in [4.78, 5) is 13.1. The van der Waals surface area contributed by atoms with E-state index in [1.165, 1.54) is 96.3 Å². The third-order valence-corrected chi connectivity index (χ3v) is 14.6. The first-order valence-electron chi connectivity index (χ1n) is 33.2. The van der Waals surface area contributed by atoms with Crippen LogP contribution < -0.4 is 5.32 Å². The molecule has 0 bridgehead atoms. The number of hydrogen-bond acceptors (Lipinski definition) is 8. The average Bonchev–Trinajstić information content (AvgIpc) is 3.60. The van der Waals surface area contributed by atoms with E-state index in [2.05, 4.69) is 165 Å². The fraction of sp³-hybridized carbons (Fsp3) is 0.635. The molecule has 7 atom stereocenters. The Balaban J connectivity index is 2.22. The summed E-state index contributed by atoms with van der Waals surface area (Å²) in [6.07, 6.45) is 88.9. The van der Waals surface area contributed by atoms with Crippen molar-refractivity contribution in [3.05, 3.63) is 158 Å². The summed E-state index contributed by atoms with van der Waals surface area (Å²) in [5, 5.41) is 54.6. The van der Waals surface area contributed by atoms with Crippen LogP contribution in [-0.2, 0) is 14.3 Å². The summed E-state index contributed by atoms with van der Waals surface area (Å²) in [7, 11) is 0. The van der Waals surface area contributed by atoms with Crippen LogP contribution >= 0.6 is 0 Å². The van der Waals surface area contributed by atoms with Crippen molar-refractivity contribution < 1.29 is 39.8 Å². The van der Waals surface area contributed by atoms with Crippen molar-refractivity contribution in [3.8, 4) is 0 Å². The Morgan fingerprint density at radius 2 is 0.759 bits per heavy atom. The predicted molar refractivity (Wildman–Crippen MR) is 354 cm³/mol. The predicted octanol–water partition coefficient (Wildman–Crippen LogP) is 18.0. The van der Waals surface area contributed by atoms with Gasteiger partial charge in [0.25, 0.3) is 0 Å². The lowest BCUT2D eigenvalue weighted by Crippen LogP contribution is -2.60. The maximum absolute atomic E-state index is 13.1. The van der Waals surface area contributed by atoms with Crippen LogP contribution in [0.4, 0.5) is 0 Å². The maximum atomic E-state index is 13.1. The fourth-order valence-corrected chi connectivity index (χ4v) is 9.41. The number of ether oxygens (including phenoxy) is 2. The van der Waals surface area contributed by atoms with Crippen LogP contribution in [-0.4, -0.2) is 87.5 Å². The lowest BCUT2D eigenvalue weighted by molar-refractivity contribution is -0.302. The molecule has 0 aromatic heterocycles. The summed E-state index contributed by atoms with van der Waals surface area (Å²) in [5.74, 6) is -0.211. The molecule has 1 heterocycles. The molecule has 1 aliphatic heterocycles. The third-order valence-electron chi connectivity index (χ3n) is 14.6. The van der Waals surface area contributed by atoms with Gasteiger partial charge < -0.3 is 40.3 Å². The smallest absolute Gasteiger partial charge is 0.220 e. The number of allylic oxidation sites excluding steroid dienone is 25. The standard InChI is InChI=1S/C74H121NO8/c1-3-5-7-9-11-13-15-17-19-21-23-25-26-27-28-29-30-31-32-33-34-35-36-37-38-39-40-41-42-44-46-48-50-52-54-56-58-60-62-64-70(78)75-67(66-82-74-73(81)72(80)71(79)69(65-76)83-74)68(77)63-61-59-57-55-53-51-49-47-45-43-24-22-20-18-16-14-12-10-8-6-4-2/h5,7,11,13,17,19,23,25,27-28,30-31,33-34,36-37,39-40,42,44,48,50,53,55,61,63,67-69,71-74,76-77,79-81H,3-4,6,8-10,12,14-16,18,20-22,24,26,29,32,35,38,41,43,45-47,49,51-52,54,56-60,62,64-66H2,1-2H3,(H,75,78)/b7-5-,13-11-,19-17-,25-23-,28-27-,31-30-,34-33-,37-36-,40-39-,44-42-,50-48-,55-53+,63-61+. The van der Waals surface area contributed by atoms with Crippen molar-refractivity contribution in [1.82, 2.24) is 5.32 Å². The molecule has 1 amide bonds. The van der Waals surface area contributed by atoms with Gasteiger partial charge in [-0.15, -0.1) is 0 Å². The molecule has 0 aromatic rings. The molecule has 1 rings (SSSR count). The van der Waals surface area contributed by atoms with E-state index in [9.17, 15) is 30.3 Å². The molecule has 7 unspecified atom stereocenters. The number of aliphatic hydroxyl groups is 5. The molecule has 1 saturated heterocycles. The van der Waals surface area contributed by atoms with Crippen molar-refractivity contribution in [2.75, 3.05) is 13.2 Å². The van der Waals surface area contributed by atoms with Gasteiger partial charge in [-0.2, -0.15) is 0 Å². The monoisotopic (exact) mass is 1150 g/mol. The van der Waals surface area contributed by atoms with Crippen molar-refractivity contribution >= 4 is 5.91 Å². The summed E-state index contributed by atoms with van der Waals surface area (Å²) >= 11 is 0. The van der Waals surface area contributed by atoms with Gasteiger partial charge in [0.2, 0.25) is 5.91 Å². The minimum absolute atomic E-state index is 0.211. The number of rotatable bonds is 55. The summed E-state index contributed by atoms with van der Waals surface area (Å²) < 4.78 is 11.3. The minimum atomic E-state index is -1.59. The molecule has 1 fully saturated rings. The van der Waals surface area contributed by atoms with Gasteiger partial charge in [-0.25, -0.2) is 0 Å². The Kier molecular flexibility index (Phi) is 56.4. The molecule has 1 aliphatic rings. The second-order valence-electron chi connectivity index (χ2n) is 22.2. The Morgan fingerprint density at radius 3 is 1.16 bits per heavy atom. The number of carbonyl (C=O) groups excluding carboxylic acids is 1. The van der Waals surface area contributed by atoms with Gasteiger partial charge in [0.15, 0.2) is 6.29 Å². The highest BCUT2D eigenvalue weighted by Gasteiger charge is 2.44. The van der Waals surface area contributed by atoms with Crippen molar-refractivity contribution in [2.45, 2.75) is 288 Å². The van der Waals surface area contributed by atoms with E-state index in [4.69, 9.17) is 9.47 Å². The van der Waals surface area contributed by atoms with Crippen LogP contribution in [0.1, 0.15) is 245 Å². The number of unbranched alkanes of at least 4 members (excludes halogenated alkanes) is 21. The highest BCUT2D eigenvalue weighted by Crippen LogP contribution is 2.23. The lowest BCUT2D eigenvalue weighted by Gasteiger charge is -2.40. The van der Waals surface area contributed by atoms with E-state index in [1.807, 2.05) is 6.08 Å². The molecule has 0 aliphatic carbocycles. The normalized spacial score (nSPS) is 19.3. The zero-order valence-corrected chi connectivity index (χ0v) is 52.4. The Hall–Kier alpha value is -4.19. The van der Waals surface area contributed by atoms with Crippen LogP contribution in [0.3, 0.4) is 0 Å². The highest BCUT2D eigenvalue weighted by atomic mass is 16.7. The van der Waals surface area contributed by atoms with Gasteiger partial charge >= 0.3 is 0 Å². The van der Waals surface area contributed by atoms with E-state index in [-0.39, 0.29) is 12.5 Å². The topological polar surface area (TPSA) is 149 Å². The van der Waals surface area contributed by atoms with E-state index >= 15 is 0 Å². The Labute approximate surface area is 507 Å². The second kappa shape index (κ2) is 60.9. The number of aliphatic hydroxyl groups excluding tert-OH is 5. The third kappa shape index (κ3) is 49.7. The molecule has 0 spiro atoms. The summed E-state index contributed by atoms with van der Waals surface area (Å²) in [6, 6.07) is -0.845. The van der Waals surface area contributed by atoms with Crippen LogP contribution in [0.5, 0.6) is 0 Å². The first kappa shape index (κ1) is 76.8. The lowest BCUT2D eigenvalue weighted by atomic mass is 9.99. The zero-order chi connectivity index (χ0) is 60.0. The van der Waals surface area contributed by atoms with Crippen LogP contribution in [0.2, 0.25) is 0 Å². The van der Waals surface area contributed by atoms with E-state index < -0.39 is 49.5 Å². The number of nitrogens with one attached hydrogen (secondary N) is 1. The molecule has 0 radical (unpaired) electrons. The molecular formula is C74H121NO8. The molecule has 470 valence electrons. The maximum Gasteiger partial charge on any atom is 0.220 e. The largest absolute Gasteiger partial charge is 0.394 e. The molecule has 9 nitrogen and oxygen atoms in total. The van der Waals surface area contributed by atoms with Gasteiger partial charge in [-0.1, -0.05) is 281 Å². The molecular weight excluding hydrogens is 1030 g/mol. The van der Waals surface area contributed by atoms with E-state index in [1.54, 1.807) is 6.08 Å². The summed E-state index contributed by atoms with van der Waals surface area (Å²) in [5.41, 5.74) is 0. The van der Waals surface area contributed by atoms with E-state index in [0.29, 0.717) is 6.42 Å². The molecule has 83 heavy (non-hydrogen) atoms. The van der Waals surface area contributed by atoms with Crippen LogP contribution in [0, 0.1) is 0 Å². The van der Waals surface area contributed by atoms with Gasteiger partial charge in [0.05, 0.1) is 25.4 Å². The van der Waals surface area contributed by atoms with Crippen molar-refractivity contribution in [1.29, 1.82) is 0 Å². The first-order valence-corrected chi connectivity index (χ1v) is 33.2. The Morgan fingerprint density at radius 1 is 0.422 bits per heavy atom. The second-order valence-corrected chi connectivity index (χ2v) is 22.2. The number of amides is 1. The molecule has 0 saturated carbocycles. The van der Waals surface area contributed by atoms with Gasteiger partial charge in [0.1, 0.15) is 24.4 Å². The molecule has 9 heteroatoms. The number of carbonyl (C=O) groups is 1. The quantitative estimate of drug-likeness (QED) is 0.0261. The van der Waals surface area contributed by atoms with Gasteiger partial charge in [-0.3, -0.25) is 4.79 Å². The molecule has 0 aromatic carbocycles. The minimum Gasteiger partial charge on any atom is -0.394 e. The average molecular weight is 1150 g/mol. The Bertz CT molecular complexity index is 1860. The van der Waals surface area contributed by atoms with Crippen molar-refractivity contribution in [3.63, 3.8) is 0 Å². The SMILES string of the molecule is CC/C=C\C/C=C\C/C=C\C/C=C\C/C=C\C/C=C\C/C=C\C/C=C\C/C=C\C/C=C\C/C=C\CCCCCCCC(=O)NC(COC1OC(CO)C(O)C(O)C1O)C(O)/C=C/CC/C=C/CCCCCCCCCCCCCCCCC. The molecule has 6 N–H and O–H groups in total. The van der Waals surface area contributed by atoms with Crippen LogP contribution in [0.25, 0.3) is 0 Å². The van der Waals surface area contributed by atoms with Crippen molar-refractivity contribution in [2.24, 2.45) is 0 Å². The summed E-state index contributed by atoms with van der Waals surface area (Å²) in [6.45, 7) is 3.64. The number of hydrogen-bond donors (Lipinski definition) is 6. The van der Waals surface area contributed by atoms with E-state index in [0.717, 1.165) is 128 Å².